The fourth-order valence-electron chi connectivity index (χ4n) is 5.00. The molecule has 35 heavy (non-hydrogen) atoms. The zero-order valence-electron chi connectivity index (χ0n) is 22.1. The van der Waals surface area contributed by atoms with Crippen molar-refractivity contribution in [1.29, 1.82) is 0 Å². The molecule has 1 atom stereocenters. The topological polar surface area (TPSA) is 75.4 Å². The van der Waals surface area contributed by atoms with Crippen molar-refractivity contribution >= 4 is 64.4 Å². The lowest BCUT2D eigenvalue weighted by molar-refractivity contribution is 0.0936. The number of halogens is 1. The minimum absolute atomic E-state index is 0.214. The van der Waals surface area contributed by atoms with E-state index in [1.807, 2.05) is 26.1 Å². The highest BCUT2D eigenvalue weighted by atomic mass is 19.1. The molecule has 0 unspecified atom stereocenters. The summed E-state index contributed by atoms with van der Waals surface area (Å²) in [4.78, 5) is 24.9. The fraction of sp³-hybridized carbons (Fsp3) is 0.429. The predicted octanol–water partition coefficient (Wildman–Crippen LogP) is -3.22. The first-order chi connectivity index (χ1) is 16.2. The molecule has 1 aliphatic rings. The van der Waals surface area contributed by atoms with E-state index >= 15 is 0 Å². The van der Waals surface area contributed by atoms with E-state index in [2.05, 4.69) is 67.4 Å². The molecule has 176 valence electrons. The van der Waals surface area contributed by atoms with E-state index in [0.29, 0.717) is 11.2 Å². The number of aryl methyl sites for hydroxylation is 1. The molecule has 0 radical (unpaired) electrons. The van der Waals surface area contributed by atoms with Crippen molar-refractivity contribution in [3.05, 3.63) is 53.4 Å². The van der Waals surface area contributed by atoms with E-state index in [1.54, 1.807) is 10.7 Å². The molecule has 3 aromatic rings. The molecule has 0 bridgehead atoms. The summed E-state index contributed by atoms with van der Waals surface area (Å²) >= 11 is 0. The third-order valence-electron chi connectivity index (χ3n) is 8.28. The quantitative estimate of drug-likeness (QED) is 0.387. The van der Waals surface area contributed by atoms with Crippen LogP contribution >= 0.6 is 0 Å². The Hall–Kier alpha value is -2.64. The van der Waals surface area contributed by atoms with Crippen molar-refractivity contribution in [1.82, 2.24) is 24.9 Å². The van der Waals surface area contributed by atoms with Gasteiger partial charge in [0.25, 0.3) is 5.91 Å². The lowest BCUT2D eigenvalue weighted by Crippen LogP contribution is -2.55. The summed E-state index contributed by atoms with van der Waals surface area (Å²) in [5.74, 6) is 0.301. The molecule has 0 aromatic carbocycles. The second-order valence-electron chi connectivity index (χ2n) is 11.8. The lowest BCUT2D eigenvalue weighted by atomic mass is 9.27. The minimum Gasteiger partial charge on any atom is -0.357 e. The highest BCUT2D eigenvalue weighted by Crippen LogP contribution is 2.41. The van der Waals surface area contributed by atoms with Gasteiger partial charge in [-0.15, -0.1) is 0 Å². The van der Waals surface area contributed by atoms with Gasteiger partial charge in [-0.05, 0) is 43.2 Å². The molecule has 0 spiro atoms. The Morgan fingerprint density at radius 3 is 2.60 bits per heavy atom. The molecular weight excluding hydrogens is 436 g/mol. The first-order valence-corrected chi connectivity index (χ1v) is 12.3. The van der Waals surface area contributed by atoms with Crippen LogP contribution in [0.2, 0.25) is 10.4 Å². The Bertz CT molecular complexity index is 1280. The fourth-order valence-corrected chi connectivity index (χ4v) is 5.00. The molecule has 3 aromatic heterocycles. The van der Waals surface area contributed by atoms with Gasteiger partial charge in [0.2, 0.25) is 0 Å². The van der Waals surface area contributed by atoms with Crippen LogP contribution in [0.1, 0.15) is 35.0 Å². The lowest BCUT2D eigenvalue weighted by Gasteiger charge is -2.47. The summed E-state index contributed by atoms with van der Waals surface area (Å²) < 4.78 is 15.3. The number of hydrogen-bond acceptors (Lipinski definition) is 5. The summed E-state index contributed by atoms with van der Waals surface area (Å²) in [5, 5.41) is 6.94. The second kappa shape index (κ2) is 8.79. The Morgan fingerprint density at radius 2 is 1.97 bits per heavy atom. The minimum atomic E-state index is -0.438. The Balaban J connectivity index is 1.58. The van der Waals surface area contributed by atoms with Crippen LogP contribution in [0.5, 0.6) is 0 Å². The molecule has 4 heterocycles. The summed E-state index contributed by atoms with van der Waals surface area (Å²) in [6, 6.07) is 3.25. The van der Waals surface area contributed by atoms with Gasteiger partial charge < -0.3 is 10.2 Å². The monoisotopic (exact) mass is 468 g/mol. The SMILES string of the molecule is BC1(B)CCN(c2ccn3ncc(C(=O)N[C@H](C)C(B)(B)C(B)(B)c4ncc(F)cc4C)c3n2)C1. The maximum Gasteiger partial charge on any atom is 0.256 e. The van der Waals surface area contributed by atoms with E-state index in [9.17, 15) is 9.18 Å². The molecular formula is C21H31B6FN6O. The second-order valence-corrected chi connectivity index (χ2v) is 11.8. The number of rotatable bonds is 6. The molecule has 1 N–H and O–H groups in total. The largest absolute Gasteiger partial charge is 0.357 e. The first-order valence-electron chi connectivity index (χ1n) is 12.3. The molecule has 14 heteroatoms. The van der Waals surface area contributed by atoms with Gasteiger partial charge in [0.1, 0.15) is 64.3 Å². The van der Waals surface area contributed by atoms with Crippen LogP contribution in [0.4, 0.5) is 10.2 Å². The molecule has 1 amide bonds. The van der Waals surface area contributed by atoms with Crippen LogP contribution in [0.3, 0.4) is 0 Å². The molecule has 0 aliphatic carbocycles. The number of carbonyl (C=O) groups excluding carboxylic acids is 1. The average molecular weight is 467 g/mol. The number of hydrogen-bond donors (Lipinski definition) is 1. The molecule has 1 fully saturated rings. The standard InChI is InChI=1S/C21H31B6FN6O/c1-11-7-13(28)8-29-16(11)21(26,27)20(24,25)12(2)31-18(35)14-9-30-34-5-3-15(32-17(14)34)33-6-4-19(22,23)10-33/h3,5,7-9,12H,4,6,10,22-27H2,1-2H3,(H,31,35)/t12-/m1/s1. The Labute approximate surface area is 211 Å². The molecule has 7 nitrogen and oxygen atoms in total. The predicted molar refractivity (Wildman–Crippen MR) is 154 cm³/mol. The van der Waals surface area contributed by atoms with Gasteiger partial charge in [-0.1, -0.05) is 10.4 Å². The van der Waals surface area contributed by atoms with Crippen LogP contribution in [0, 0.1) is 12.7 Å². The summed E-state index contributed by atoms with van der Waals surface area (Å²) in [6.07, 6.45) is 5.80. The number of carbonyl (C=O) groups is 1. The van der Waals surface area contributed by atoms with Crippen LogP contribution in [0.25, 0.3) is 5.65 Å². The van der Waals surface area contributed by atoms with Gasteiger partial charge in [0.15, 0.2) is 5.65 Å². The molecule has 0 saturated carbocycles. The van der Waals surface area contributed by atoms with Crippen molar-refractivity contribution in [2.45, 2.75) is 42.0 Å². The number of amides is 1. The van der Waals surface area contributed by atoms with Gasteiger partial charge in [-0.25, -0.2) is 13.9 Å². The highest BCUT2D eigenvalue weighted by Gasteiger charge is 2.44. The Morgan fingerprint density at radius 1 is 1.26 bits per heavy atom. The third-order valence-corrected chi connectivity index (χ3v) is 8.28. The zero-order chi connectivity index (χ0) is 25.8. The van der Waals surface area contributed by atoms with E-state index < -0.39 is 10.4 Å². The maximum absolute atomic E-state index is 13.7. The van der Waals surface area contributed by atoms with E-state index in [0.717, 1.165) is 36.6 Å². The molecule has 1 saturated heterocycles. The normalized spacial score (nSPS) is 16.9. The number of anilines is 1. The molecule has 4 rings (SSSR count). The number of pyridine rings is 1. The van der Waals surface area contributed by atoms with Gasteiger partial charge in [-0.3, -0.25) is 9.78 Å². The van der Waals surface area contributed by atoms with Crippen LogP contribution in [-0.2, 0) is 5.21 Å². The zero-order valence-corrected chi connectivity index (χ0v) is 22.1. The van der Waals surface area contributed by atoms with Crippen LogP contribution in [-0.4, -0.2) is 91.7 Å². The number of aromatic nitrogens is 4. The third kappa shape index (κ3) is 4.64. The van der Waals surface area contributed by atoms with Crippen LogP contribution < -0.4 is 10.2 Å². The van der Waals surface area contributed by atoms with Crippen molar-refractivity contribution < 1.29 is 9.18 Å². The van der Waals surface area contributed by atoms with E-state index in [-0.39, 0.29) is 23.0 Å². The summed E-state index contributed by atoms with van der Waals surface area (Å²) in [5.41, 5.74) is 2.61. The summed E-state index contributed by atoms with van der Waals surface area (Å²) in [7, 11) is 12.9. The van der Waals surface area contributed by atoms with Crippen molar-refractivity contribution in [3.63, 3.8) is 0 Å². The van der Waals surface area contributed by atoms with Gasteiger partial charge in [0.05, 0.1) is 12.4 Å². The van der Waals surface area contributed by atoms with Gasteiger partial charge in [-0.2, -0.15) is 5.10 Å². The van der Waals surface area contributed by atoms with Gasteiger partial charge in [0, 0.05) is 31.0 Å². The number of fused-ring (bicyclic) bond motifs is 1. The average Bonchev–Trinajstić information content (AvgIpc) is 3.35. The Kier molecular flexibility index (Phi) is 6.39. The van der Waals surface area contributed by atoms with Crippen molar-refractivity contribution in [3.8, 4) is 0 Å². The van der Waals surface area contributed by atoms with Gasteiger partial charge >= 0.3 is 0 Å². The van der Waals surface area contributed by atoms with Crippen molar-refractivity contribution in [2.24, 2.45) is 0 Å². The molecule has 1 aliphatic heterocycles. The smallest absolute Gasteiger partial charge is 0.256 e. The first kappa shape index (κ1) is 25.5. The van der Waals surface area contributed by atoms with E-state index in [4.69, 9.17) is 4.98 Å². The highest BCUT2D eigenvalue weighted by molar-refractivity contribution is 6.54. The maximum atomic E-state index is 13.7. The summed E-state index contributed by atoms with van der Waals surface area (Å²) in [6.45, 7) is 5.75. The van der Waals surface area contributed by atoms with Crippen molar-refractivity contribution in [2.75, 3.05) is 18.0 Å². The van der Waals surface area contributed by atoms with Crippen LogP contribution in [0.15, 0.2) is 30.7 Å². The number of nitrogens with zero attached hydrogens (tertiary/aromatic N) is 5. The van der Waals surface area contributed by atoms with E-state index in [1.165, 1.54) is 12.3 Å². The number of nitrogens with one attached hydrogen (secondary N) is 1.